The molecule has 7 heteroatoms. The number of amides is 2. The molecule has 0 aromatic heterocycles. The Morgan fingerprint density at radius 1 is 1.21 bits per heavy atom. The summed E-state index contributed by atoms with van der Waals surface area (Å²) in [6.45, 7) is 6.75. The molecular formula is C22H32ClN3O3. The first-order valence-electron chi connectivity index (χ1n) is 10.6. The second-order valence-corrected chi connectivity index (χ2v) is 8.86. The third-order valence-corrected chi connectivity index (χ3v) is 6.33. The van der Waals surface area contributed by atoms with E-state index in [-0.39, 0.29) is 23.8 Å². The van der Waals surface area contributed by atoms with Crippen LogP contribution in [0.4, 0.5) is 11.4 Å². The van der Waals surface area contributed by atoms with Crippen LogP contribution in [0.1, 0.15) is 56.3 Å². The molecule has 2 N–H and O–H groups in total. The predicted molar refractivity (Wildman–Crippen MR) is 117 cm³/mol. The molecule has 0 saturated carbocycles. The zero-order valence-electron chi connectivity index (χ0n) is 17.4. The van der Waals surface area contributed by atoms with Crippen LogP contribution < -0.4 is 15.5 Å². The fourth-order valence-electron chi connectivity index (χ4n) is 3.67. The minimum atomic E-state index is -0.685. The Balaban J connectivity index is 1.80. The van der Waals surface area contributed by atoms with Gasteiger partial charge in [-0.25, -0.2) is 0 Å². The molecule has 1 atom stereocenters. The molecule has 29 heavy (non-hydrogen) atoms. The Labute approximate surface area is 178 Å². The van der Waals surface area contributed by atoms with Crippen LogP contribution in [0.3, 0.4) is 0 Å². The van der Waals surface area contributed by atoms with Gasteiger partial charge in [-0.3, -0.25) is 9.59 Å². The van der Waals surface area contributed by atoms with Crippen molar-refractivity contribution in [1.29, 1.82) is 0 Å². The summed E-state index contributed by atoms with van der Waals surface area (Å²) in [6.07, 6.45) is 5.57. The summed E-state index contributed by atoms with van der Waals surface area (Å²) in [7, 11) is 0. The molecule has 0 radical (unpaired) electrons. The van der Waals surface area contributed by atoms with E-state index in [1.807, 2.05) is 12.1 Å². The van der Waals surface area contributed by atoms with Crippen molar-refractivity contribution in [3.63, 3.8) is 0 Å². The van der Waals surface area contributed by atoms with Gasteiger partial charge < -0.3 is 20.3 Å². The predicted octanol–water partition coefficient (Wildman–Crippen LogP) is 3.79. The fraction of sp³-hybridized carbons (Fsp3) is 0.636. The maximum atomic E-state index is 13.0. The summed E-state index contributed by atoms with van der Waals surface area (Å²) in [4.78, 5) is 27.8. The van der Waals surface area contributed by atoms with E-state index in [2.05, 4.69) is 15.5 Å². The second-order valence-electron chi connectivity index (χ2n) is 8.60. The van der Waals surface area contributed by atoms with Crippen LogP contribution in [0.2, 0.25) is 0 Å². The quantitative estimate of drug-likeness (QED) is 0.657. The molecule has 0 aliphatic carbocycles. The number of nitrogens with one attached hydrogen (secondary N) is 2. The number of carbonyl (C=O) groups excluding carboxylic acids is 2. The van der Waals surface area contributed by atoms with Gasteiger partial charge in [-0.15, -0.1) is 11.6 Å². The lowest BCUT2D eigenvalue weighted by Gasteiger charge is -2.31. The van der Waals surface area contributed by atoms with Crippen molar-refractivity contribution in [2.24, 2.45) is 5.41 Å². The molecular weight excluding hydrogens is 390 g/mol. The molecule has 0 bridgehead atoms. The number of benzene rings is 1. The number of rotatable bonds is 7. The number of hydrogen-bond donors (Lipinski definition) is 2. The van der Waals surface area contributed by atoms with E-state index in [0.717, 1.165) is 51.1 Å². The van der Waals surface area contributed by atoms with Crippen molar-refractivity contribution in [3.05, 3.63) is 23.8 Å². The zero-order chi connectivity index (χ0) is 20.9. The zero-order valence-corrected chi connectivity index (χ0v) is 18.2. The first-order valence-corrected chi connectivity index (χ1v) is 11.1. The number of alkyl halides is 1. The monoisotopic (exact) mass is 421 g/mol. The van der Waals surface area contributed by atoms with E-state index in [4.69, 9.17) is 16.3 Å². The van der Waals surface area contributed by atoms with Gasteiger partial charge >= 0.3 is 0 Å². The van der Waals surface area contributed by atoms with E-state index in [9.17, 15) is 9.59 Å². The molecule has 2 aliphatic rings. The van der Waals surface area contributed by atoms with Crippen molar-refractivity contribution in [2.75, 3.05) is 42.3 Å². The highest BCUT2D eigenvalue weighted by atomic mass is 35.5. The topological polar surface area (TPSA) is 70.7 Å². The van der Waals surface area contributed by atoms with Crippen molar-refractivity contribution < 1.29 is 14.3 Å². The van der Waals surface area contributed by atoms with Crippen LogP contribution in [0, 0.1) is 5.41 Å². The number of nitrogens with zero attached hydrogens (tertiary/aromatic N) is 1. The summed E-state index contributed by atoms with van der Waals surface area (Å²) >= 11 is 5.92. The highest BCUT2D eigenvalue weighted by Crippen LogP contribution is 2.28. The van der Waals surface area contributed by atoms with Crippen molar-refractivity contribution in [1.82, 2.24) is 5.32 Å². The number of anilines is 2. The Hall–Kier alpha value is -1.79. The molecule has 1 unspecified atom stereocenters. The normalized spacial score (nSPS) is 19.8. The first kappa shape index (κ1) is 21.9. The van der Waals surface area contributed by atoms with Gasteiger partial charge in [0.1, 0.15) is 0 Å². The van der Waals surface area contributed by atoms with E-state index in [1.165, 1.54) is 6.42 Å². The van der Waals surface area contributed by atoms with Crippen LogP contribution in [0.5, 0.6) is 0 Å². The fourth-order valence-corrected chi connectivity index (χ4v) is 3.80. The Kier molecular flexibility index (Phi) is 7.41. The van der Waals surface area contributed by atoms with E-state index in [0.29, 0.717) is 17.8 Å². The van der Waals surface area contributed by atoms with Gasteiger partial charge in [0.2, 0.25) is 5.91 Å². The molecule has 1 aromatic carbocycles. The maximum Gasteiger partial charge on any atom is 0.253 e. The lowest BCUT2D eigenvalue weighted by Crippen LogP contribution is -2.35. The number of piperidine rings is 1. The maximum absolute atomic E-state index is 13.0. The summed E-state index contributed by atoms with van der Waals surface area (Å²) in [5, 5.41) is 5.93. The van der Waals surface area contributed by atoms with Crippen molar-refractivity contribution in [3.8, 4) is 0 Å². The van der Waals surface area contributed by atoms with Crippen LogP contribution in [0.25, 0.3) is 0 Å². The van der Waals surface area contributed by atoms with Gasteiger partial charge in [0.05, 0.1) is 17.1 Å². The summed E-state index contributed by atoms with van der Waals surface area (Å²) in [5.41, 5.74) is 1.43. The number of halogens is 1. The van der Waals surface area contributed by atoms with Crippen molar-refractivity contribution >= 4 is 34.8 Å². The third-order valence-electron chi connectivity index (χ3n) is 5.66. The minimum absolute atomic E-state index is 0.0878. The van der Waals surface area contributed by atoms with E-state index < -0.39 is 5.41 Å². The molecule has 0 spiro atoms. The van der Waals surface area contributed by atoms with E-state index >= 15 is 0 Å². The lowest BCUT2D eigenvalue weighted by atomic mass is 9.95. The van der Waals surface area contributed by atoms with Gasteiger partial charge in [-0.1, -0.05) is 0 Å². The average molecular weight is 422 g/mol. The Bertz CT molecular complexity index is 726. The van der Waals surface area contributed by atoms with Crippen LogP contribution in [-0.4, -0.2) is 50.0 Å². The Morgan fingerprint density at radius 2 is 1.97 bits per heavy atom. The second kappa shape index (κ2) is 9.81. The van der Waals surface area contributed by atoms with Crippen LogP contribution in [0.15, 0.2) is 18.2 Å². The molecule has 3 rings (SSSR count). The van der Waals surface area contributed by atoms with Gasteiger partial charge in [-0.05, 0) is 64.2 Å². The number of ether oxygens (including phenoxy) is 1. The van der Waals surface area contributed by atoms with Gasteiger partial charge in [0, 0.05) is 43.5 Å². The highest BCUT2D eigenvalue weighted by Gasteiger charge is 2.27. The molecule has 1 aromatic rings. The summed E-state index contributed by atoms with van der Waals surface area (Å²) in [5.74, 6) is -0.0721. The standard InChI is InChI=1S/C22H32ClN3O3/c1-22(2,15-23)21(28)25-16-8-9-19(26-10-4-3-5-11-26)18(13-16)20(27)24-14-17-7-6-12-29-17/h8-9,13,17H,3-7,10-12,14-15H2,1-2H3,(H,24,27)(H,25,28). The Morgan fingerprint density at radius 3 is 2.62 bits per heavy atom. The van der Waals surface area contributed by atoms with Crippen LogP contribution >= 0.6 is 11.6 Å². The highest BCUT2D eigenvalue weighted by molar-refractivity contribution is 6.20. The van der Waals surface area contributed by atoms with Crippen molar-refractivity contribution in [2.45, 2.75) is 52.1 Å². The van der Waals surface area contributed by atoms with Crippen LogP contribution in [-0.2, 0) is 9.53 Å². The molecule has 2 amide bonds. The number of hydrogen-bond acceptors (Lipinski definition) is 4. The van der Waals surface area contributed by atoms with Gasteiger partial charge in [0.15, 0.2) is 0 Å². The lowest BCUT2D eigenvalue weighted by molar-refractivity contribution is -0.122. The average Bonchev–Trinajstić information content (AvgIpc) is 3.26. The van der Waals surface area contributed by atoms with Gasteiger partial charge in [-0.2, -0.15) is 0 Å². The van der Waals surface area contributed by atoms with E-state index in [1.54, 1.807) is 19.9 Å². The third kappa shape index (κ3) is 5.64. The molecule has 2 heterocycles. The first-order chi connectivity index (χ1) is 13.9. The van der Waals surface area contributed by atoms with Gasteiger partial charge in [0.25, 0.3) is 5.91 Å². The molecule has 2 fully saturated rings. The molecule has 6 nitrogen and oxygen atoms in total. The SMILES string of the molecule is CC(C)(CCl)C(=O)Nc1ccc(N2CCCCC2)c(C(=O)NCC2CCCO2)c1. The number of carbonyl (C=O) groups is 2. The largest absolute Gasteiger partial charge is 0.376 e. The summed E-state index contributed by atoms with van der Waals surface area (Å²) < 4.78 is 5.62. The smallest absolute Gasteiger partial charge is 0.253 e. The molecule has 2 aliphatic heterocycles. The molecule has 160 valence electrons. The summed E-state index contributed by atoms with van der Waals surface area (Å²) in [6, 6.07) is 5.58. The molecule has 2 saturated heterocycles. The minimum Gasteiger partial charge on any atom is -0.376 e.